The lowest BCUT2D eigenvalue weighted by Crippen LogP contribution is -2.36. The number of hydrogen-bond donors (Lipinski definition) is 2. The number of carbonyl (C=O) groups excluding carboxylic acids is 1. The zero-order valence-electron chi connectivity index (χ0n) is 14.4. The summed E-state index contributed by atoms with van der Waals surface area (Å²) in [4.78, 5) is 14.1. The van der Waals surface area contributed by atoms with Crippen LogP contribution in [-0.4, -0.2) is 30.2 Å². The Morgan fingerprint density at radius 3 is 2.75 bits per heavy atom. The van der Waals surface area contributed by atoms with Crippen LogP contribution >= 0.6 is 0 Å². The molecule has 1 aromatic carbocycles. The molecular weight excluding hydrogens is 302 g/mol. The van der Waals surface area contributed by atoms with Gasteiger partial charge in [0.15, 0.2) is 0 Å². The molecule has 1 aliphatic heterocycles. The molecule has 1 aliphatic rings. The normalized spacial score (nSPS) is 15.1. The third-order valence-electron chi connectivity index (χ3n) is 4.46. The van der Waals surface area contributed by atoms with Crippen molar-refractivity contribution in [2.75, 3.05) is 23.3 Å². The van der Waals surface area contributed by atoms with Crippen LogP contribution in [0.3, 0.4) is 0 Å². The molecule has 2 rings (SSSR count). The molecule has 1 aromatic rings. The first-order chi connectivity index (χ1) is 11.6. The number of rotatable bonds is 7. The number of benzene rings is 1. The van der Waals surface area contributed by atoms with Crippen LogP contribution < -0.4 is 10.2 Å². The fourth-order valence-corrected chi connectivity index (χ4v) is 3.02. The molecular formula is C19H27N3O2. The second-order valence-corrected chi connectivity index (χ2v) is 6.42. The Hall–Kier alpha value is -2.06. The summed E-state index contributed by atoms with van der Waals surface area (Å²) in [7, 11) is 0. The molecule has 130 valence electrons. The zero-order valence-corrected chi connectivity index (χ0v) is 14.4. The summed E-state index contributed by atoms with van der Waals surface area (Å²) in [5.41, 5.74) is 2.12. The Labute approximate surface area is 144 Å². The van der Waals surface area contributed by atoms with Crippen molar-refractivity contribution in [1.82, 2.24) is 0 Å². The second kappa shape index (κ2) is 9.29. The number of anilines is 2. The van der Waals surface area contributed by atoms with Gasteiger partial charge in [-0.05, 0) is 37.5 Å². The fraction of sp³-hybridized carbons (Fsp3) is 0.579. The molecule has 1 amide bonds. The van der Waals surface area contributed by atoms with Crippen LogP contribution in [0.15, 0.2) is 18.2 Å². The average Bonchev–Trinajstić information content (AvgIpc) is 2.59. The maximum Gasteiger partial charge on any atom is 0.224 e. The lowest BCUT2D eigenvalue weighted by molar-refractivity contribution is -0.116. The van der Waals surface area contributed by atoms with E-state index in [1.807, 2.05) is 12.1 Å². The Kier molecular flexibility index (Phi) is 7.07. The van der Waals surface area contributed by atoms with Gasteiger partial charge in [0.25, 0.3) is 0 Å². The number of unbranched alkanes of at least 4 members (excludes halogenated alkanes) is 3. The van der Waals surface area contributed by atoms with Crippen LogP contribution in [0.25, 0.3) is 0 Å². The number of nitriles is 1. The summed E-state index contributed by atoms with van der Waals surface area (Å²) < 4.78 is 0. The average molecular weight is 329 g/mol. The number of aliphatic hydroxyl groups excluding tert-OH is 1. The monoisotopic (exact) mass is 329 g/mol. The van der Waals surface area contributed by atoms with Crippen molar-refractivity contribution in [2.24, 2.45) is 0 Å². The molecule has 0 radical (unpaired) electrons. The van der Waals surface area contributed by atoms with E-state index in [4.69, 9.17) is 0 Å². The van der Waals surface area contributed by atoms with Crippen LogP contribution in [-0.2, 0) is 4.79 Å². The van der Waals surface area contributed by atoms with E-state index in [1.165, 1.54) is 0 Å². The molecule has 0 bridgehead atoms. The van der Waals surface area contributed by atoms with Gasteiger partial charge in [0.2, 0.25) is 5.91 Å². The van der Waals surface area contributed by atoms with E-state index >= 15 is 0 Å². The smallest absolute Gasteiger partial charge is 0.224 e. The molecule has 1 fully saturated rings. The lowest BCUT2D eigenvalue weighted by Gasteiger charge is -2.32. The molecule has 0 aliphatic carbocycles. The Morgan fingerprint density at radius 2 is 2.08 bits per heavy atom. The van der Waals surface area contributed by atoms with Gasteiger partial charge in [-0.3, -0.25) is 4.79 Å². The molecule has 0 spiro atoms. The van der Waals surface area contributed by atoms with E-state index in [0.29, 0.717) is 17.7 Å². The SMILES string of the molecule is CCCCCCC(=O)Nc1ccc(N2CCC(O)CC2)c(C#N)c1. The predicted molar refractivity (Wildman–Crippen MR) is 96.0 cm³/mol. The van der Waals surface area contributed by atoms with Gasteiger partial charge >= 0.3 is 0 Å². The number of nitrogens with zero attached hydrogens (tertiary/aromatic N) is 2. The first-order valence-corrected chi connectivity index (χ1v) is 8.91. The van der Waals surface area contributed by atoms with Gasteiger partial charge in [0, 0.05) is 25.2 Å². The summed E-state index contributed by atoms with van der Waals surface area (Å²) in [5.74, 6) is 0.00355. The number of nitrogens with one attached hydrogen (secondary N) is 1. The largest absolute Gasteiger partial charge is 0.393 e. The van der Waals surface area contributed by atoms with Crippen molar-refractivity contribution >= 4 is 17.3 Å². The van der Waals surface area contributed by atoms with Gasteiger partial charge in [-0.15, -0.1) is 0 Å². The molecule has 2 N–H and O–H groups in total. The molecule has 0 atom stereocenters. The molecule has 5 nitrogen and oxygen atoms in total. The minimum atomic E-state index is -0.238. The first-order valence-electron chi connectivity index (χ1n) is 8.91. The van der Waals surface area contributed by atoms with Crippen molar-refractivity contribution in [3.63, 3.8) is 0 Å². The van der Waals surface area contributed by atoms with Crippen molar-refractivity contribution < 1.29 is 9.90 Å². The van der Waals surface area contributed by atoms with E-state index in [9.17, 15) is 15.2 Å². The number of piperidine rings is 1. The van der Waals surface area contributed by atoms with Gasteiger partial charge in [0.1, 0.15) is 6.07 Å². The second-order valence-electron chi connectivity index (χ2n) is 6.42. The van der Waals surface area contributed by atoms with E-state index < -0.39 is 0 Å². The van der Waals surface area contributed by atoms with Crippen LogP contribution in [0.2, 0.25) is 0 Å². The molecule has 1 heterocycles. The van der Waals surface area contributed by atoms with Gasteiger partial charge in [0.05, 0.1) is 17.4 Å². The van der Waals surface area contributed by atoms with Crippen molar-refractivity contribution in [3.05, 3.63) is 23.8 Å². The summed E-state index contributed by atoms with van der Waals surface area (Å²) in [6.07, 6.45) is 6.02. The third kappa shape index (κ3) is 5.24. The molecule has 0 aromatic heterocycles. The van der Waals surface area contributed by atoms with Crippen molar-refractivity contribution in [3.8, 4) is 6.07 Å². The minimum absolute atomic E-state index is 0.00355. The number of aliphatic hydroxyl groups is 1. The first kappa shape index (κ1) is 18.3. The summed E-state index contributed by atoms with van der Waals surface area (Å²) in [6, 6.07) is 7.71. The number of hydrogen-bond acceptors (Lipinski definition) is 4. The highest BCUT2D eigenvalue weighted by atomic mass is 16.3. The van der Waals surface area contributed by atoms with E-state index in [1.54, 1.807) is 6.07 Å². The predicted octanol–water partition coefficient (Wildman–Crippen LogP) is 3.43. The highest BCUT2D eigenvalue weighted by Crippen LogP contribution is 2.26. The summed E-state index contributed by atoms with van der Waals surface area (Å²) in [6.45, 7) is 3.64. The molecule has 24 heavy (non-hydrogen) atoms. The van der Waals surface area contributed by atoms with Crippen LogP contribution in [0, 0.1) is 11.3 Å². The fourth-order valence-electron chi connectivity index (χ4n) is 3.02. The zero-order chi connectivity index (χ0) is 17.4. The Balaban J connectivity index is 1.96. The third-order valence-corrected chi connectivity index (χ3v) is 4.46. The van der Waals surface area contributed by atoms with Crippen molar-refractivity contribution in [2.45, 2.75) is 58.0 Å². The van der Waals surface area contributed by atoms with Crippen LogP contribution in [0.5, 0.6) is 0 Å². The van der Waals surface area contributed by atoms with Gasteiger partial charge in [-0.25, -0.2) is 0 Å². The topological polar surface area (TPSA) is 76.4 Å². The molecule has 1 saturated heterocycles. The highest BCUT2D eigenvalue weighted by Gasteiger charge is 2.19. The Bertz CT molecular complexity index is 587. The maximum absolute atomic E-state index is 12.0. The minimum Gasteiger partial charge on any atom is -0.393 e. The van der Waals surface area contributed by atoms with E-state index in [2.05, 4.69) is 23.2 Å². The van der Waals surface area contributed by atoms with Crippen LogP contribution in [0.4, 0.5) is 11.4 Å². The number of amides is 1. The van der Waals surface area contributed by atoms with Gasteiger partial charge < -0.3 is 15.3 Å². The van der Waals surface area contributed by atoms with Crippen LogP contribution in [0.1, 0.15) is 57.4 Å². The standard InChI is InChI=1S/C19H27N3O2/c1-2-3-4-5-6-19(24)21-16-7-8-18(15(13-16)14-20)22-11-9-17(23)10-12-22/h7-8,13,17,23H,2-6,9-12H2,1H3,(H,21,24). The Morgan fingerprint density at radius 1 is 1.33 bits per heavy atom. The van der Waals surface area contributed by atoms with Gasteiger partial charge in [-0.1, -0.05) is 26.2 Å². The molecule has 0 unspecified atom stereocenters. The van der Waals surface area contributed by atoms with Crippen molar-refractivity contribution in [1.29, 1.82) is 5.26 Å². The van der Waals surface area contributed by atoms with Gasteiger partial charge in [-0.2, -0.15) is 5.26 Å². The molecule has 5 heteroatoms. The highest BCUT2D eigenvalue weighted by molar-refractivity contribution is 5.91. The molecule has 0 saturated carbocycles. The number of carbonyl (C=O) groups is 1. The quantitative estimate of drug-likeness (QED) is 0.751. The lowest BCUT2D eigenvalue weighted by atomic mass is 10.0. The maximum atomic E-state index is 12.0. The summed E-state index contributed by atoms with van der Waals surface area (Å²) >= 11 is 0. The van der Waals surface area contributed by atoms with E-state index in [-0.39, 0.29) is 12.0 Å². The summed E-state index contributed by atoms with van der Waals surface area (Å²) in [5, 5.41) is 21.9. The van der Waals surface area contributed by atoms with E-state index in [0.717, 1.165) is 57.3 Å².